The molecule has 13 heteroatoms. The molecular weight excluding hydrogens is 568 g/mol. The maximum Gasteiger partial charge on any atom is 0.373 e. The van der Waals surface area contributed by atoms with Crippen LogP contribution in [-0.2, 0) is 11.4 Å². The number of aliphatic hydroxyl groups is 1. The molecule has 0 radical (unpaired) electrons. The standard InChI is InChI=1S/C6H7F7O.H2O3S.Rf/c1-3(7,8)5(11,12)6(13,14)4(2,9)10;1-4(2)3;/h14H,1-2H3;(H2,1,2,3);/p-1. The largest absolute Gasteiger partial charge is 0.750 e. The van der Waals surface area contributed by atoms with Crippen molar-refractivity contribution in [2.24, 2.45) is 0 Å². The molecule has 0 bridgehead atoms. The van der Waals surface area contributed by atoms with Gasteiger partial charge in [-0.25, -0.2) is 13.0 Å². The van der Waals surface area contributed by atoms with E-state index < -0.39 is 48.8 Å². The van der Waals surface area contributed by atoms with E-state index in [1.54, 1.807) is 0 Å². The van der Waals surface area contributed by atoms with Gasteiger partial charge in [0.25, 0.3) is 0 Å². The Morgan fingerprint density at radius 2 is 1.16 bits per heavy atom. The SMILES string of the molecule is CC(F)(F)C(O)(F)C(F)(F)C(C)(F)F.O=S([O-])O.[Rf]. The van der Waals surface area contributed by atoms with Crippen molar-refractivity contribution in [3.8, 4) is 0 Å². The first-order chi connectivity index (χ1) is 7.48. The summed E-state index contributed by atoms with van der Waals surface area (Å²) in [6.45, 7) is -0.893. The van der Waals surface area contributed by atoms with Crippen molar-refractivity contribution in [3.05, 3.63) is 0 Å². The van der Waals surface area contributed by atoms with Crippen molar-refractivity contribution in [1.82, 2.24) is 0 Å². The average Bonchev–Trinajstić information content (AvgIpc) is 1.97. The molecule has 0 aromatic carbocycles. The molecule has 0 aliphatic rings. The molecule has 2 unspecified atom stereocenters. The second-order valence-electron chi connectivity index (χ2n) is 3.19. The molecule has 0 spiro atoms. The molecule has 114 valence electrons. The second-order valence-corrected chi connectivity index (χ2v) is 3.62. The van der Waals surface area contributed by atoms with Gasteiger partial charge >= 0.3 is 23.6 Å². The fraction of sp³-hybridized carbons (Fsp3) is 1.00. The minimum absolute atomic E-state index is 0. The molecule has 0 saturated heterocycles. The van der Waals surface area contributed by atoms with Crippen LogP contribution in [0.15, 0.2) is 0 Å². The summed E-state index contributed by atoms with van der Waals surface area (Å²) in [7, 11) is 0. The third-order valence-electron chi connectivity index (χ3n) is 1.55. The summed E-state index contributed by atoms with van der Waals surface area (Å²) >= 11 is -2.86. The molecule has 0 aliphatic carbocycles. The van der Waals surface area contributed by atoms with Crippen molar-refractivity contribution < 1.29 is 49.2 Å². The van der Waals surface area contributed by atoms with E-state index >= 15 is 0 Å². The fourth-order valence-electron chi connectivity index (χ4n) is 0.567. The quantitative estimate of drug-likeness (QED) is 0.398. The van der Waals surface area contributed by atoms with Gasteiger partial charge in [-0.15, -0.1) is 0 Å². The number of alkyl halides is 7. The van der Waals surface area contributed by atoms with Crippen LogP contribution in [0.4, 0.5) is 30.7 Å². The molecule has 0 amide bonds. The molecule has 0 aromatic rings. The molecular formula is C6H8F7O4RfS-. The predicted molar refractivity (Wildman–Crippen MR) is 43.8 cm³/mol. The van der Waals surface area contributed by atoms with Crippen LogP contribution in [-0.4, -0.2) is 42.0 Å². The molecule has 0 rings (SSSR count). The maximum absolute atomic E-state index is 12.4. The van der Waals surface area contributed by atoms with Crippen molar-refractivity contribution in [1.29, 1.82) is 0 Å². The van der Waals surface area contributed by atoms with Crippen LogP contribution in [0, 0.1) is 0 Å². The van der Waals surface area contributed by atoms with E-state index in [-0.39, 0.29) is 0 Å². The van der Waals surface area contributed by atoms with Crippen LogP contribution in [0.2, 0.25) is 0 Å². The van der Waals surface area contributed by atoms with Gasteiger partial charge < -0.3 is 14.2 Å². The van der Waals surface area contributed by atoms with Gasteiger partial charge in [0.2, 0.25) is 0 Å². The Morgan fingerprint density at radius 3 is 1.21 bits per heavy atom. The van der Waals surface area contributed by atoms with Crippen molar-refractivity contribution in [2.75, 3.05) is 0 Å². The minimum atomic E-state index is -5.88. The zero-order chi connectivity index (χ0) is 15.6. The summed E-state index contributed by atoms with van der Waals surface area (Å²) in [5.41, 5.74) is 0. The number of rotatable bonds is 3. The minimum Gasteiger partial charge on any atom is -0.750 e. The summed E-state index contributed by atoms with van der Waals surface area (Å²) in [6.07, 6.45) is 0. The van der Waals surface area contributed by atoms with Gasteiger partial charge in [0.1, 0.15) is 0 Å². The smallest absolute Gasteiger partial charge is 0.373 e. The number of hydrogen-bond donors (Lipinski definition) is 2. The van der Waals surface area contributed by atoms with Crippen LogP contribution < -0.4 is 0 Å². The van der Waals surface area contributed by atoms with E-state index in [1.165, 1.54) is 0 Å². The Morgan fingerprint density at radius 1 is 0.947 bits per heavy atom. The Bertz CT molecular complexity index is 273. The second kappa shape index (κ2) is 6.12. The summed E-state index contributed by atoms with van der Waals surface area (Å²) in [4.78, 5) is 0. The third kappa shape index (κ3) is 5.36. The molecule has 2 N–H and O–H groups in total. The molecule has 0 aromatic heterocycles. The predicted octanol–water partition coefficient (Wildman–Crippen LogP) is 1.93. The van der Waals surface area contributed by atoms with Crippen LogP contribution in [0.3, 0.4) is 0 Å². The van der Waals surface area contributed by atoms with Crippen LogP contribution >= 0.6 is 0 Å². The zero-order valence-electron chi connectivity index (χ0n) is 9.47. The van der Waals surface area contributed by atoms with Crippen molar-refractivity contribution in [3.63, 3.8) is 0 Å². The Kier molecular flexibility index (Phi) is 7.31. The van der Waals surface area contributed by atoms with Crippen LogP contribution in [0.25, 0.3) is 0 Å². The van der Waals surface area contributed by atoms with Gasteiger partial charge in [-0.05, 0) is 0 Å². The summed E-state index contributed by atoms with van der Waals surface area (Å²) < 4.78 is 109. The van der Waals surface area contributed by atoms with Crippen LogP contribution in [0.5, 0.6) is 0 Å². The van der Waals surface area contributed by atoms with Crippen molar-refractivity contribution in [2.45, 2.75) is 37.5 Å². The van der Waals surface area contributed by atoms with Gasteiger partial charge in [0.15, 0.2) is 0 Å². The van der Waals surface area contributed by atoms with E-state index in [1.807, 2.05) is 0 Å². The monoisotopic (exact) mass is 576 g/mol. The topological polar surface area (TPSA) is 80.6 Å². The first kappa shape index (κ1) is 22.7. The summed E-state index contributed by atoms with van der Waals surface area (Å²) in [5, 5.41) is 8.07. The van der Waals surface area contributed by atoms with E-state index in [0.717, 1.165) is 0 Å². The van der Waals surface area contributed by atoms with Gasteiger partial charge in [-0.2, -0.15) is 22.0 Å². The molecule has 0 heterocycles. The van der Waals surface area contributed by atoms with Gasteiger partial charge in [-0.1, -0.05) is 0 Å². The molecule has 0 aliphatic heterocycles. The third-order valence-corrected chi connectivity index (χ3v) is 1.55. The molecule has 19 heavy (non-hydrogen) atoms. The van der Waals surface area contributed by atoms with E-state index in [2.05, 4.69) is 0 Å². The molecule has 2 atom stereocenters. The Labute approximate surface area is 98.9 Å². The number of hydrogen-bond acceptors (Lipinski definition) is 3. The van der Waals surface area contributed by atoms with Gasteiger partial charge in [0, 0.05) is 13.8 Å². The van der Waals surface area contributed by atoms with Gasteiger partial charge in [-0.3, -0.25) is 0 Å². The normalized spacial score (nSPS) is 17.5. The average molecular weight is 576 g/mol. The Balaban J connectivity index is -0.000000448. The first-order valence-corrected chi connectivity index (χ1v) is 4.84. The molecule has 0 saturated carbocycles. The van der Waals surface area contributed by atoms with E-state index in [9.17, 15) is 30.7 Å². The summed E-state index contributed by atoms with van der Waals surface area (Å²) in [6, 6.07) is 0. The fourth-order valence-corrected chi connectivity index (χ4v) is 0.567. The number of halogens is 7. The van der Waals surface area contributed by atoms with Crippen molar-refractivity contribution >= 4 is 11.4 Å². The maximum atomic E-state index is 12.4. The first-order valence-electron chi connectivity index (χ1n) is 3.81. The molecule has 0 fully saturated rings. The van der Waals surface area contributed by atoms with E-state index in [4.69, 9.17) is 18.4 Å². The van der Waals surface area contributed by atoms with Gasteiger partial charge in [0.05, 0.1) is 11.4 Å². The summed E-state index contributed by atoms with van der Waals surface area (Å²) in [5.74, 6) is -21.6. The Hall–Kier alpha value is -1.46. The van der Waals surface area contributed by atoms with Crippen LogP contribution in [0.1, 0.15) is 13.8 Å². The molecule has 4 nitrogen and oxygen atoms in total. The zero-order valence-corrected chi connectivity index (χ0v) is 16.7. The van der Waals surface area contributed by atoms with E-state index in [0.29, 0.717) is 0 Å².